The summed E-state index contributed by atoms with van der Waals surface area (Å²) in [5, 5.41) is 19.9. The maximum absolute atomic E-state index is 13.0. The minimum absolute atomic E-state index is 0.129. The van der Waals surface area contributed by atoms with Crippen molar-refractivity contribution in [2.24, 2.45) is 0 Å². The zero-order valence-corrected chi connectivity index (χ0v) is 10.8. The van der Waals surface area contributed by atoms with Crippen LogP contribution < -0.4 is 0 Å². The predicted molar refractivity (Wildman–Crippen MR) is 68.0 cm³/mol. The van der Waals surface area contributed by atoms with E-state index in [1.165, 1.54) is 11.8 Å². The van der Waals surface area contributed by atoms with Gasteiger partial charge in [0.05, 0.1) is 16.9 Å². The molecule has 106 valence electrons. The predicted octanol–water partition coefficient (Wildman–Crippen LogP) is 1.33. The number of hydrogen-bond acceptors (Lipinski definition) is 5. The van der Waals surface area contributed by atoms with Crippen LogP contribution in [0.15, 0.2) is 18.2 Å². The van der Waals surface area contributed by atoms with Crippen LogP contribution >= 0.6 is 11.8 Å². The van der Waals surface area contributed by atoms with Gasteiger partial charge in [-0.05, 0) is 12.1 Å². The van der Waals surface area contributed by atoms with Crippen LogP contribution in [0.3, 0.4) is 0 Å². The molecular formula is C11H9FN2O5S. The second-order valence-electron chi connectivity index (χ2n) is 4.05. The smallest absolute Gasteiger partial charge is 0.327 e. The van der Waals surface area contributed by atoms with Gasteiger partial charge in [-0.25, -0.2) is 9.18 Å². The highest BCUT2D eigenvalue weighted by molar-refractivity contribution is 7.99. The lowest BCUT2D eigenvalue weighted by molar-refractivity contribution is -0.385. The molecule has 0 spiro atoms. The molecule has 1 atom stereocenters. The molecule has 9 heteroatoms. The largest absolute Gasteiger partial charge is 0.480 e. The number of amides is 1. The third kappa shape index (κ3) is 2.57. The molecule has 0 unspecified atom stereocenters. The standard InChI is InChI=1S/C11H9FN2O5S/c12-6-1-2-7(8(3-6)14(18)19)10(15)13-5-20-4-9(13)11(16)17/h1-3,9H,4-5H2,(H,16,17)/t9-/m0/s1. The van der Waals surface area contributed by atoms with Crippen molar-refractivity contribution in [3.05, 3.63) is 39.7 Å². The van der Waals surface area contributed by atoms with Gasteiger partial charge >= 0.3 is 5.97 Å². The lowest BCUT2D eigenvalue weighted by Gasteiger charge is -2.20. The Bertz CT molecular complexity index is 594. The van der Waals surface area contributed by atoms with E-state index in [2.05, 4.69) is 0 Å². The summed E-state index contributed by atoms with van der Waals surface area (Å²) >= 11 is 1.24. The van der Waals surface area contributed by atoms with Gasteiger partial charge in [0, 0.05) is 5.75 Å². The highest BCUT2D eigenvalue weighted by Gasteiger charge is 2.37. The Labute approximate surface area is 116 Å². The first kappa shape index (κ1) is 14.3. The van der Waals surface area contributed by atoms with Crippen molar-refractivity contribution in [1.82, 2.24) is 4.90 Å². The summed E-state index contributed by atoms with van der Waals surface area (Å²) in [4.78, 5) is 34.3. The Balaban J connectivity index is 2.38. The van der Waals surface area contributed by atoms with Gasteiger partial charge in [0.15, 0.2) is 0 Å². The van der Waals surface area contributed by atoms with Gasteiger partial charge in [0.25, 0.3) is 11.6 Å². The number of thioether (sulfide) groups is 1. The highest BCUT2D eigenvalue weighted by atomic mass is 32.2. The summed E-state index contributed by atoms with van der Waals surface area (Å²) in [7, 11) is 0. The van der Waals surface area contributed by atoms with Crippen LogP contribution in [0.4, 0.5) is 10.1 Å². The molecule has 20 heavy (non-hydrogen) atoms. The number of halogens is 1. The summed E-state index contributed by atoms with van der Waals surface area (Å²) in [6, 6.07) is 1.54. The first-order chi connectivity index (χ1) is 9.41. The molecule has 1 aromatic rings. The minimum Gasteiger partial charge on any atom is -0.480 e. The summed E-state index contributed by atoms with van der Waals surface area (Å²) in [5.74, 6) is -2.44. The average Bonchev–Trinajstić information content (AvgIpc) is 2.87. The number of carboxylic acid groups (broad SMARTS) is 1. The van der Waals surface area contributed by atoms with Crippen LogP contribution in [0.5, 0.6) is 0 Å². The maximum Gasteiger partial charge on any atom is 0.327 e. The van der Waals surface area contributed by atoms with Crippen LogP contribution in [-0.2, 0) is 4.79 Å². The van der Waals surface area contributed by atoms with Crippen molar-refractivity contribution in [3.8, 4) is 0 Å². The molecular weight excluding hydrogens is 291 g/mol. The van der Waals surface area contributed by atoms with E-state index in [0.29, 0.717) is 6.07 Å². The van der Waals surface area contributed by atoms with E-state index < -0.39 is 34.3 Å². The zero-order valence-electron chi connectivity index (χ0n) is 9.98. The van der Waals surface area contributed by atoms with Crippen molar-refractivity contribution < 1.29 is 24.0 Å². The lowest BCUT2D eigenvalue weighted by Crippen LogP contribution is -2.41. The molecule has 2 rings (SSSR count). The molecule has 1 aliphatic heterocycles. The molecule has 1 aromatic carbocycles. The number of nitrogens with zero attached hydrogens (tertiary/aromatic N) is 2. The summed E-state index contributed by atoms with van der Waals surface area (Å²) in [6.45, 7) is 0. The third-order valence-corrected chi connectivity index (χ3v) is 3.83. The van der Waals surface area contributed by atoms with E-state index in [0.717, 1.165) is 17.0 Å². The number of rotatable bonds is 3. The molecule has 1 fully saturated rings. The second kappa shape index (κ2) is 5.45. The van der Waals surface area contributed by atoms with Gasteiger partial charge in [0.2, 0.25) is 0 Å². The normalized spacial score (nSPS) is 18.1. The number of carboxylic acids is 1. The van der Waals surface area contributed by atoms with Crippen LogP contribution in [0.2, 0.25) is 0 Å². The van der Waals surface area contributed by atoms with Crippen LogP contribution in [0.1, 0.15) is 10.4 Å². The Morgan fingerprint density at radius 2 is 2.20 bits per heavy atom. The van der Waals surface area contributed by atoms with E-state index in [1.807, 2.05) is 0 Å². The Kier molecular flexibility index (Phi) is 3.89. The fourth-order valence-corrected chi connectivity index (χ4v) is 2.98. The average molecular weight is 300 g/mol. The molecule has 0 aromatic heterocycles. The molecule has 1 aliphatic rings. The van der Waals surface area contributed by atoms with Crippen LogP contribution in [-0.4, -0.2) is 44.5 Å². The zero-order chi connectivity index (χ0) is 14.9. The van der Waals surface area contributed by atoms with Gasteiger partial charge in [0.1, 0.15) is 17.4 Å². The topological polar surface area (TPSA) is 101 Å². The van der Waals surface area contributed by atoms with Crippen molar-refractivity contribution in [2.75, 3.05) is 11.6 Å². The SMILES string of the molecule is O=C(O)[C@@H]1CSCN1C(=O)c1ccc(F)cc1[N+](=O)[O-]. The van der Waals surface area contributed by atoms with Crippen molar-refractivity contribution in [1.29, 1.82) is 0 Å². The minimum atomic E-state index is -1.17. The first-order valence-electron chi connectivity index (χ1n) is 5.47. The molecule has 0 aliphatic carbocycles. The lowest BCUT2D eigenvalue weighted by atomic mass is 10.1. The van der Waals surface area contributed by atoms with Gasteiger partial charge in [-0.2, -0.15) is 0 Å². The maximum atomic E-state index is 13.0. The van der Waals surface area contributed by atoms with Crippen LogP contribution in [0.25, 0.3) is 0 Å². The summed E-state index contributed by atoms with van der Waals surface area (Å²) in [5.41, 5.74) is -0.985. The number of nitro groups is 1. The molecule has 7 nitrogen and oxygen atoms in total. The Hall–Kier alpha value is -2.16. The fraction of sp³-hybridized carbons (Fsp3) is 0.273. The van der Waals surface area contributed by atoms with Crippen molar-refractivity contribution in [3.63, 3.8) is 0 Å². The third-order valence-electron chi connectivity index (χ3n) is 2.82. The van der Waals surface area contributed by atoms with Crippen molar-refractivity contribution >= 4 is 29.3 Å². The molecule has 1 heterocycles. The molecule has 1 saturated heterocycles. The number of hydrogen-bond donors (Lipinski definition) is 1. The quantitative estimate of drug-likeness (QED) is 0.667. The number of benzene rings is 1. The van der Waals surface area contributed by atoms with E-state index in [-0.39, 0.29) is 17.2 Å². The van der Waals surface area contributed by atoms with E-state index in [9.17, 15) is 24.1 Å². The molecule has 0 bridgehead atoms. The molecule has 1 N–H and O–H groups in total. The monoisotopic (exact) mass is 300 g/mol. The summed E-state index contributed by atoms with van der Waals surface area (Å²) in [6.07, 6.45) is 0. The molecule has 0 saturated carbocycles. The van der Waals surface area contributed by atoms with Gasteiger partial charge < -0.3 is 10.0 Å². The number of nitro benzene ring substituents is 1. The van der Waals surface area contributed by atoms with E-state index in [4.69, 9.17) is 5.11 Å². The van der Waals surface area contributed by atoms with E-state index in [1.54, 1.807) is 0 Å². The Morgan fingerprint density at radius 1 is 1.50 bits per heavy atom. The number of carbonyl (C=O) groups is 2. The fourth-order valence-electron chi connectivity index (χ4n) is 1.84. The Morgan fingerprint density at radius 3 is 2.80 bits per heavy atom. The molecule has 1 amide bonds. The van der Waals surface area contributed by atoms with Gasteiger partial charge in [-0.3, -0.25) is 14.9 Å². The highest BCUT2D eigenvalue weighted by Crippen LogP contribution is 2.27. The summed E-state index contributed by atoms with van der Waals surface area (Å²) < 4.78 is 13.0. The van der Waals surface area contributed by atoms with Crippen LogP contribution in [0, 0.1) is 15.9 Å². The second-order valence-corrected chi connectivity index (χ2v) is 5.05. The van der Waals surface area contributed by atoms with E-state index >= 15 is 0 Å². The first-order valence-corrected chi connectivity index (χ1v) is 6.62. The van der Waals surface area contributed by atoms with Gasteiger partial charge in [-0.1, -0.05) is 0 Å². The molecule has 0 radical (unpaired) electrons. The number of aliphatic carboxylic acids is 1. The van der Waals surface area contributed by atoms with Gasteiger partial charge in [-0.15, -0.1) is 11.8 Å². The number of carbonyl (C=O) groups excluding carboxylic acids is 1. The van der Waals surface area contributed by atoms with Crippen molar-refractivity contribution in [2.45, 2.75) is 6.04 Å².